The third-order valence-electron chi connectivity index (χ3n) is 3.81. The molecule has 0 bridgehead atoms. The van der Waals surface area contributed by atoms with Gasteiger partial charge < -0.3 is 10.0 Å². The van der Waals surface area contributed by atoms with E-state index in [1.165, 1.54) is 6.07 Å². The van der Waals surface area contributed by atoms with Gasteiger partial charge >= 0.3 is 5.97 Å². The highest BCUT2D eigenvalue weighted by Crippen LogP contribution is 2.23. The van der Waals surface area contributed by atoms with Gasteiger partial charge in [-0.2, -0.15) is 0 Å². The van der Waals surface area contributed by atoms with E-state index < -0.39 is 5.97 Å². The van der Waals surface area contributed by atoms with Crippen molar-refractivity contribution in [1.29, 1.82) is 0 Å². The van der Waals surface area contributed by atoms with E-state index in [1.54, 1.807) is 36.5 Å². The van der Waals surface area contributed by atoms with Crippen LogP contribution in [0.3, 0.4) is 0 Å². The summed E-state index contributed by atoms with van der Waals surface area (Å²) in [5.41, 5.74) is 1.73. The number of benzene rings is 1. The fourth-order valence-corrected chi connectivity index (χ4v) is 2.71. The molecular weight excluding hydrogens is 280 g/mol. The first kappa shape index (κ1) is 14.3. The van der Waals surface area contributed by atoms with Crippen LogP contribution in [0.4, 0.5) is 0 Å². The lowest BCUT2D eigenvalue weighted by Gasteiger charge is -2.15. The second-order valence-electron chi connectivity index (χ2n) is 5.28. The van der Waals surface area contributed by atoms with Crippen LogP contribution in [0.15, 0.2) is 42.6 Å². The fourth-order valence-electron chi connectivity index (χ4n) is 2.71. The quantitative estimate of drug-likeness (QED) is 0.945. The van der Waals surface area contributed by atoms with Gasteiger partial charge in [0.1, 0.15) is 0 Å². The molecule has 3 rings (SSSR count). The van der Waals surface area contributed by atoms with Crippen LogP contribution in [0, 0.1) is 0 Å². The summed E-state index contributed by atoms with van der Waals surface area (Å²) in [6.07, 6.45) is 3.63. The van der Waals surface area contributed by atoms with E-state index in [2.05, 4.69) is 4.98 Å². The number of carbonyl (C=O) groups is 2. The monoisotopic (exact) mass is 296 g/mol. The van der Waals surface area contributed by atoms with E-state index in [9.17, 15) is 14.7 Å². The summed E-state index contributed by atoms with van der Waals surface area (Å²) in [6, 6.07) is 10.1. The van der Waals surface area contributed by atoms with Gasteiger partial charge in [0.15, 0.2) is 0 Å². The number of hydrogen-bond donors (Lipinski definition) is 1. The van der Waals surface area contributed by atoms with E-state index in [-0.39, 0.29) is 11.5 Å². The molecule has 1 aliphatic rings. The molecule has 0 saturated carbocycles. The molecule has 0 unspecified atom stereocenters. The van der Waals surface area contributed by atoms with Crippen LogP contribution in [0.25, 0.3) is 11.3 Å². The molecule has 0 spiro atoms. The Morgan fingerprint density at radius 2 is 1.86 bits per heavy atom. The molecule has 0 aliphatic carbocycles. The van der Waals surface area contributed by atoms with Crippen LogP contribution >= 0.6 is 0 Å². The van der Waals surface area contributed by atoms with Crippen LogP contribution in [-0.2, 0) is 0 Å². The number of amides is 1. The summed E-state index contributed by atoms with van der Waals surface area (Å²) in [6.45, 7) is 1.57. The first-order valence-electron chi connectivity index (χ1n) is 7.25. The number of aromatic carboxylic acids is 1. The van der Waals surface area contributed by atoms with Crippen LogP contribution in [0.5, 0.6) is 0 Å². The van der Waals surface area contributed by atoms with E-state index in [4.69, 9.17) is 0 Å². The zero-order chi connectivity index (χ0) is 15.5. The Morgan fingerprint density at radius 1 is 1.09 bits per heavy atom. The maximum Gasteiger partial charge on any atom is 0.337 e. The van der Waals surface area contributed by atoms with E-state index >= 15 is 0 Å². The van der Waals surface area contributed by atoms with Gasteiger partial charge in [-0.1, -0.05) is 12.1 Å². The number of hydrogen-bond acceptors (Lipinski definition) is 3. The number of likely N-dealkylation sites (tertiary alicyclic amines) is 1. The SMILES string of the molecule is O=C(O)c1cccnc1-c1cccc(C(=O)N2CCCC2)c1. The Bertz CT molecular complexity index is 721. The molecule has 22 heavy (non-hydrogen) atoms. The maximum atomic E-state index is 12.4. The van der Waals surface area contributed by atoms with Crippen molar-refractivity contribution >= 4 is 11.9 Å². The van der Waals surface area contributed by atoms with Gasteiger partial charge in [-0.3, -0.25) is 9.78 Å². The minimum Gasteiger partial charge on any atom is -0.478 e. The Hall–Kier alpha value is -2.69. The number of rotatable bonds is 3. The highest BCUT2D eigenvalue weighted by Gasteiger charge is 2.20. The molecule has 5 nitrogen and oxygen atoms in total. The lowest BCUT2D eigenvalue weighted by molar-refractivity contribution is 0.0696. The summed E-state index contributed by atoms with van der Waals surface area (Å²) < 4.78 is 0. The van der Waals surface area contributed by atoms with Gasteiger partial charge in [0, 0.05) is 30.4 Å². The smallest absolute Gasteiger partial charge is 0.337 e. The van der Waals surface area contributed by atoms with Gasteiger partial charge in [0.05, 0.1) is 11.3 Å². The van der Waals surface area contributed by atoms with E-state index in [0.717, 1.165) is 25.9 Å². The molecule has 5 heteroatoms. The summed E-state index contributed by atoms with van der Waals surface area (Å²) >= 11 is 0. The summed E-state index contributed by atoms with van der Waals surface area (Å²) in [7, 11) is 0. The maximum absolute atomic E-state index is 12.4. The molecule has 2 heterocycles. The molecule has 112 valence electrons. The van der Waals surface area contributed by atoms with Gasteiger partial charge in [0.25, 0.3) is 5.91 Å². The van der Waals surface area contributed by atoms with Gasteiger partial charge in [0.2, 0.25) is 0 Å². The zero-order valence-electron chi connectivity index (χ0n) is 12.0. The molecule has 1 aromatic heterocycles. The Balaban J connectivity index is 1.98. The van der Waals surface area contributed by atoms with Crippen molar-refractivity contribution in [1.82, 2.24) is 9.88 Å². The topological polar surface area (TPSA) is 70.5 Å². The number of carbonyl (C=O) groups excluding carboxylic acids is 1. The molecule has 1 fully saturated rings. The number of carboxylic acid groups (broad SMARTS) is 1. The second kappa shape index (κ2) is 5.97. The third-order valence-corrected chi connectivity index (χ3v) is 3.81. The first-order chi connectivity index (χ1) is 10.7. The van der Waals surface area contributed by atoms with Gasteiger partial charge in [-0.05, 0) is 37.1 Å². The normalized spacial score (nSPS) is 14.1. The molecule has 0 atom stereocenters. The van der Waals surface area contributed by atoms with Crippen molar-refractivity contribution in [2.24, 2.45) is 0 Å². The van der Waals surface area contributed by atoms with Crippen molar-refractivity contribution in [2.45, 2.75) is 12.8 Å². The van der Waals surface area contributed by atoms with Crippen LogP contribution in [-0.4, -0.2) is 40.0 Å². The highest BCUT2D eigenvalue weighted by molar-refractivity contribution is 5.98. The van der Waals surface area contributed by atoms with Crippen molar-refractivity contribution in [3.8, 4) is 11.3 Å². The molecular formula is C17H16N2O3. The molecule has 0 radical (unpaired) electrons. The first-order valence-corrected chi connectivity index (χ1v) is 7.25. The predicted molar refractivity (Wildman–Crippen MR) is 81.8 cm³/mol. The predicted octanol–water partition coefficient (Wildman–Crippen LogP) is 2.68. The zero-order valence-corrected chi connectivity index (χ0v) is 12.0. The minimum absolute atomic E-state index is 0.00726. The summed E-state index contributed by atoms with van der Waals surface area (Å²) in [5.74, 6) is -1.04. The lowest BCUT2D eigenvalue weighted by atomic mass is 10.0. The Labute approximate surface area is 128 Å². The second-order valence-corrected chi connectivity index (χ2v) is 5.28. The largest absolute Gasteiger partial charge is 0.478 e. The molecule has 1 aliphatic heterocycles. The van der Waals surface area contributed by atoms with Crippen LogP contribution in [0.2, 0.25) is 0 Å². The Morgan fingerprint density at radius 3 is 2.59 bits per heavy atom. The van der Waals surface area contributed by atoms with E-state index in [0.29, 0.717) is 16.8 Å². The summed E-state index contributed by atoms with van der Waals surface area (Å²) in [5, 5.41) is 9.26. The van der Waals surface area contributed by atoms with E-state index in [1.807, 2.05) is 4.90 Å². The van der Waals surface area contributed by atoms with Crippen LogP contribution < -0.4 is 0 Å². The van der Waals surface area contributed by atoms with Crippen molar-refractivity contribution in [2.75, 3.05) is 13.1 Å². The fraction of sp³-hybridized carbons (Fsp3) is 0.235. The number of pyridine rings is 1. The lowest BCUT2D eigenvalue weighted by Crippen LogP contribution is -2.27. The molecule has 1 amide bonds. The van der Waals surface area contributed by atoms with Crippen molar-refractivity contribution < 1.29 is 14.7 Å². The number of nitrogens with zero attached hydrogens (tertiary/aromatic N) is 2. The molecule has 1 N–H and O–H groups in total. The van der Waals surface area contributed by atoms with Crippen LogP contribution in [0.1, 0.15) is 33.6 Å². The van der Waals surface area contributed by atoms with Gasteiger partial charge in [-0.15, -0.1) is 0 Å². The highest BCUT2D eigenvalue weighted by atomic mass is 16.4. The standard InChI is InChI=1S/C17H16N2O3/c20-16(19-9-1-2-10-19)13-6-3-5-12(11-13)15-14(17(21)22)7-4-8-18-15/h3-8,11H,1-2,9-10H2,(H,21,22). The molecule has 1 aromatic carbocycles. The van der Waals surface area contributed by atoms with Crippen molar-refractivity contribution in [3.05, 3.63) is 53.7 Å². The minimum atomic E-state index is -1.03. The molecule has 1 saturated heterocycles. The number of aromatic nitrogens is 1. The summed E-state index contributed by atoms with van der Waals surface area (Å²) in [4.78, 5) is 29.7. The molecule has 2 aromatic rings. The van der Waals surface area contributed by atoms with Gasteiger partial charge in [-0.25, -0.2) is 4.79 Å². The average Bonchev–Trinajstić information content (AvgIpc) is 3.08. The van der Waals surface area contributed by atoms with Crippen molar-refractivity contribution in [3.63, 3.8) is 0 Å². The average molecular weight is 296 g/mol. The third kappa shape index (κ3) is 2.70. The Kier molecular flexibility index (Phi) is 3.87. The number of carboxylic acids is 1.